The molecule has 0 amide bonds. The van der Waals surface area contributed by atoms with Gasteiger partial charge in [-0.3, -0.25) is 9.80 Å². The van der Waals surface area contributed by atoms with Crippen LogP contribution in [0.5, 0.6) is 0 Å². The standard InChI is InChI=1S/C13H24N4S/c1-4-17-6-5-16(7-10(17)2)8-12-9-18-13(15-12)11(3)14/h9-11H,4-8,14H2,1-3H3. The van der Waals surface area contributed by atoms with E-state index in [1.54, 1.807) is 11.3 Å². The second kappa shape index (κ2) is 6.10. The van der Waals surface area contributed by atoms with E-state index >= 15 is 0 Å². The Morgan fingerprint density at radius 1 is 1.56 bits per heavy atom. The minimum atomic E-state index is 0.0552. The second-order valence-corrected chi connectivity index (χ2v) is 6.07. The summed E-state index contributed by atoms with van der Waals surface area (Å²) in [6.07, 6.45) is 0. The molecule has 2 unspecified atom stereocenters. The van der Waals surface area contributed by atoms with Gasteiger partial charge in [0.15, 0.2) is 0 Å². The lowest BCUT2D eigenvalue weighted by Crippen LogP contribution is -2.51. The Labute approximate surface area is 114 Å². The zero-order valence-corrected chi connectivity index (χ0v) is 12.4. The van der Waals surface area contributed by atoms with E-state index in [9.17, 15) is 0 Å². The van der Waals surface area contributed by atoms with Gasteiger partial charge in [0.25, 0.3) is 0 Å². The Hall–Kier alpha value is -0.490. The van der Waals surface area contributed by atoms with Crippen LogP contribution in [0.2, 0.25) is 0 Å². The summed E-state index contributed by atoms with van der Waals surface area (Å²) in [5.74, 6) is 0. The third kappa shape index (κ3) is 3.29. The van der Waals surface area contributed by atoms with E-state index < -0.39 is 0 Å². The van der Waals surface area contributed by atoms with Gasteiger partial charge >= 0.3 is 0 Å². The molecule has 0 bridgehead atoms. The molecule has 4 nitrogen and oxygen atoms in total. The summed E-state index contributed by atoms with van der Waals surface area (Å²) in [6, 6.07) is 0.704. The summed E-state index contributed by atoms with van der Waals surface area (Å²) in [7, 11) is 0. The number of nitrogens with zero attached hydrogens (tertiary/aromatic N) is 3. The summed E-state index contributed by atoms with van der Waals surface area (Å²) in [5.41, 5.74) is 7.02. The fourth-order valence-corrected chi connectivity index (χ4v) is 3.29. The summed E-state index contributed by atoms with van der Waals surface area (Å²) >= 11 is 1.68. The average molecular weight is 268 g/mol. The zero-order valence-electron chi connectivity index (χ0n) is 11.6. The van der Waals surface area contributed by atoms with E-state index in [1.165, 1.54) is 12.2 Å². The molecule has 0 saturated carbocycles. The number of thiazole rings is 1. The van der Waals surface area contributed by atoms with E-state index in [-0.39, 0.29) is 6.04 Å². The highest BCUT2D eigenvalue weighted by Gasteiger charge is 2.22. The minimum Gasteiger partial charge on any atom is -0.322 e. The van der Waals surface area contributed by atoms with Crippen LogP contribution in [0.3, 0.4) is 0 Å². The number of hydrogen-bond acceptors (Lipinski definition) is 5. The SMILES string of the molecule is CCN1CCN(Cc2csc(C(C)N)n2)CC1C. The van der Waals surface area contributed by atoms with Crippen molar-refractivity contribution < 1.29 is 0 Å². The van der Waals surface area contributed by atoms with E-state index in [1.807, 2.05) is 6.92 Å². The molecule has 0 aromatic carbocycles. The predicted molar refractivity (Wildman–Crippen MR) is 76.7 cm³/mol. The first-order chi connectivity index (χ1) is 8.60. The number of piperazine rings is 1. The van der Waals surface area contributed by atoms with Gasteiger partial charge in [0, 0.05) is 37.6 Å². The van der Waals surface area contributed by atoms with Gasteiger partial charge < -0.3 is 5.73 Å². The summed E-state index contributed by atoms with van der Waals surface area (Å²) in [5, 5.41) is 3.19. The molecule has 1 aromatic rings. The van der Waals surface area contributed by atoms with Crippen LogP contribution < -0.4 is 5.73 Å². The van der Waals surface area contributed by atoms with E-state index in [2.05, 4.69) is 34.0 Å². The van der Waals surface area contributed by atoms with E-state index in [4.69, 9.17) is 5.73 Å². The highest BCUT2D eigenvalue weighted by molar-refractivity contribution is 7.09. The van der Waals surface area contributed by atoms with Gasteiger partial charge in [0.05, 0.1) is 11.7 Å². The number of nitrogens with two attached hydrogens (primary N) is 1. The van der Waals surface area contributed by atoms with Crippen LogP contribution in [0.4, 0.5) is 0 Å². The van der Waals surface area contributed by atoms with Gasteiger partial charge in [0.2, 0.25) is 0 Å². The Kier molecular flexibility index (Phi) is 4.72. The normalized spacial score (nSPS) is 24.3. The van der Waals surface area contributed by atoms with Gasteiger partial charge in [0.1, 0.15) is 5.01 Å². The molecule has 1 aromatic heterocycles. The van der Waals surface area contributed by atoms with Gasteiger partial charge in [-0.15, -0.1) is 11.3 Å². The van der Waals surface area contributed by atoms with E-state index in [0.29, 0.717) is 6.04 Å². The van der Waals surface area contributed by atoms with Gasteiger partial charge in [-0.2, -0.15) is 0 Å². The lowest BCUT2D eigenvalue weighted by Gasteiger charge is -2.39. The fraction of sp³-hybridized carbons (Fsp3) is 0.769. The smallest absolute Gasteiger partial charge is 0.109 e. The van der Waals surface area contributed by atoms with Crippen molar-refractivity contribution in [2.45, 2.75) is 39.4 Å². The molecule has 0 aliphatic carbocycles. The van der Waals surface area contributed by atoms with Crippen molar-refractivity contribution in [2.75, 3.05) is 26.2 Å². The summed E-state index contributed by atoms with van der Waals surface area (Å²) in [4.78, 5) is 9.64. The summed E-state index contributed by atoms with van der Waals surface area (Å²) in [6.45, 7) is 12.1. The lowest BCUT2D eigenvalue weighted by atomic mass is 10.2. The van der Waals surface area contributed by atoms with Crippen LogP contribution >= 0.6 is 11.3 Å². The number of aromatic nitrogens is 1. The van der Waals surface area contributed by atoms with Crippen LogP contribution in [0, 0.1) is 0 Å². The Morgan fingerprint density at radius 2 is 2.33 bits per heavy atom. The molecule has 102 valence electrons. The maximum absolute atomic E-state index is 5.85. The lowest BCUT2D eigenvalue weighted by molar-refractivity contribution is 0.0827. The van der Waals surface area contributed by atoms with Crippen molar-refractivity contribution in [1.29, 1.82) is 0 Å². The maximum Gasteiger partial charge on any atom is 0.109 e. The third-order valence-corrected chi connectivity index (χ3v) is 4.69. The molecule has 1 saturated heterocycles. The average Bonchev–Trinajstić information content (AvgIpc) is 2.78. The monoisotopic (exact) mass is 268 g/mol. The topological polar surface area (TPSA) is 45.4 Å². The molecular weight excluding hydrogens is 244 g/mol. The van der Waals surface area contributed by atoms with Gasteiger partial charge in [-0.05, 0) is 20.4 Å². The van der Waals surface area contributed by atoms with Crippen LogP contribution in [-0.2, 0) is 6.54 Å². The van der Waals surface area contributed by atoms with Crippen LogP contribution in [0.25, 0.3) is 0 Å². The molecule has 2 atom stereocenters. The maximum atomic E-state index is 5.85. The van der Waals surface area contributed by atoms with Gasteiger partial charge in [-0.25, -0.2) is 4.98 Å². The largest absolute Gasteiger partial charge is 0.322 e. The van der Waals surface area contributed by atoms with Crippen molar-refractivity contribution >= 4 is 11.3 Å². The van der Waals surface area contributed by atoms with Gasteiger partial charge in [-0.1, -0.05) is 6.92 Å². The molecule has 5 heteroatoms. The Balaban J connectivity index is 1.90. The molecule has 2 N–H and O–H groups in total. The first-order valence-corrected chi connectivity index (χ1v) is 7.64. The van der Waals surface area contributed by atoms with Crippen LogP contribution in [0.1, 0.15) is 37.5 Å². The Morgan fingerprint density at radius 3 is 2.89 bits per heavy atom. The van der Waals surface area contributed by atoms with Crippen LogP contribution in [-0.4, -0.2) is 47.0 Å². The molecule has 18 heavy (non-hydrogen) atoms. The molecular formula is C13H24N4S. The number of hydrogen-bond donors (Lipinski definition) is 1. The second-order valence-electron chi connectivity index (χ2n) is 5.18. The van der Waals surface area contributed by atoms with Crippen LogP contribution in [0.15, 0.2) is 5.38 Å². The van der Waals surface area contributed by atoms with Crippen molar-refractivity contribution in [1.82, 2.24) is 14.8 Å². The highest BCUT2D eigenvalue weighted by atomic mass is 32.1. The Bertz CT molecular complexity index is 377. The first-order valence-electron chi connectivity index (χ1n) is 6.76. The molecule has 0 radical (unpaired) electrons. The molecule has 1 aliphatic rings. The first kappa shape index (κ1) is 13.9. The van der Waals surface area contributed by atoms with E-state index in [0.717, 1.165) is 31.2 Å². The third-order valence-electron chi connectivity index (χ3n) is 3.60. The molecule has 0 spiro atoms. The molecule has 1 fully saturated rings. The summed E-state index contributed by atoms with van der Waals surface area (Å²) < 4.78 is 0. The highest BCUT2D eigenvalue weighted by Crippen LogP contribution is 2.18. The van der Waals surface area contributed by atoms with Crippen molar-refractivity contribution in [2.24, 2.45) is 5.73 Å². The molecule has 2 heterocycles. The van der Waals surface area contributed by atoms with Crippen molar-refractivity contribution in [3.63, 3.8) is 0 Å². The number of rotatable bonds is 4. The zero-order chi connectivity index (χ0) is 13.1. The minimum absolute atomic E-state index is 0.0552. The predicted octanol–water partition coefficient (Wildman–Crippen LogP) is 1.69. The molecule has 2 rings (SSSR count). The molecule has 1 aliphatic heterocycles. The fourth-order valence-electron chi connectivity index (χ4n) is 2.52. The van der Waals surface area contributed by atoms with Crippen molar-refractivity contribution in [3.8, 4) is 0 Å². The van der Waals surface area contributed by atoms with Crippen molar-refractivity contribution in [3.05, 3.63) is 16.1 Å². The quantitative estimate of drug-likeness (QED) is 0.902. The number of likely N-dealkylation sites (N-methyl/N-ethyl adjacent to an activating group) is 1.